The molecule has 2 aromatic rings. The monoisotopic (exact) mass is 528 g/mol. The molecular formula is C22H33IN4OS. The standard InChI is InChI=1S/C22H32N4OS.HI/c1-17(13-21-8-7-18(2)28-21)25-22(23-3)24-15-19-5-4-6-20(14-19)16-26-9-11-27-12-10-26;/h4-8,14,17H,9-13,15-16H2,1-3H3,(H2,23,24,25);1H. The van der Waals surface area contributed by atoms with E-state index in [0.717, 1.165) is 51.8 Å². The summed E-state index contributed by atoms with van der Waals surface area (Å²) in [6, 6.07) is 13.5. The number of nitrogens with zero attached hydrogens (tertiary/aromatic N) is 2. The van der Waals surface area contributed by atoms with Gasteiger partial charge in [0.15, 0.2) is 5.96 Å². The minimum absolute atomic E-state index is 0. The molecule has 1 atom stereocenters. The van der Waals surface area contributed by atoms with Crippen molar-refractivity contribution in [3.8, 4) is 0 Å². The molecule has 0 radical (unpaired) electrons. The second-order valence-corrected chi connectivity index (χ2v) is 8.77. The summed E-state index contributed by atoms with van der Waals surface area (Å²) in [5, 5.41) is 6.95. The zero-order valence-electron chi connectivity index (χ0n) is 17.6. The summed E-state index contributed by atoms with van der Waals surface area (Å²) in [4.78, 5) is 9.60. The molecule has 5 nitrogen and oxygen atoms in total. The molecule has 7 heteroatoms. The minimum Gasteiger partial charge on any atom is -0.379 e. The van der Waals surface area contributed by atoms with E-state index in [1.165, 1.54) is 20.9 Å². The van der Waals surface area contributed by atoms with Crippen LogP contribution >= 0.6 is 35.3 Å². The highest BCUT2D eigenvalue weighted by Crippen LogP contribution is 2.16. The summed E-state index contributed by atoms with van der Waals surface area (Å²) in [5.74, 6) is 0.847. The van der Waals surface area contributed by atoms with Crippen molar-refractivity contribution in [1.29, 1.82) is 0 Å². The fourth-order valence-corrected chi connectivity index (χ4v) is 4.44. The number of hydrogen-bond donors (Lipinski definition) is 2. The molecule has 0 saturated carbocycles. The van der Waals surface area contributed by atoms with Crippen molar-refractivity contribution in [3.05, 3.63) is 57.3 Å². The first-order valence-corrected chi connectivity index (χ1v) is 10.8. The van der Waals surface area contributed by atoms with Crippen molar-refractivity contribution in [3.63, 3.8) is 0 Å². The van der Waals surface area contributed by atoms with Crippen LogP contribution in [0.1, 0.15) is 27.8 Å². The molecule has 0 spiro atoms. The van der Waals surface area contributed by atoms with Crippen LogP contribution in [0.15, 0.2) is 41.4 Å². The number of benzene rings is 1. The van der Waals surface area contributed by atoms with Crippen molar-refractivity contribution in [2.75, 3.05) is 33.4 Å². The van der Waals surface area contributed by atoms with Crippen LogP contribution in [0.4, 0.5) is 0 Å². The third-order valence-corrected chi connectivity index (χ3v) is 5.89. The normalized spacial score (nSPS) is 16.2. The van der Waals surface area contributed by atoms with Gasteiger partial charge in [-0.2, -0.15) is 0 Å². The lowest BCUT2D eigenvalue weighted by Crippen LogP contribution is -2.42. The quantitative estimate of drug-likeness (QED) is 0.326. The fraction of sp³-hybridized carbons (Fsp3) is 0.500. The number of guanidine groups is 1. The smallest absolute Gasteiger partial charge is 0.191 e. The molecule has 1 aromatic heterocycles. The number of morpholine rings is 1. The second kappa shape index (κ2) is 12.5. The molecule has 160 valence electrons. The van der Waals surface area contributed by atoms with Crippen LogP contribution in [-0.4, -0.2) is 50.3 Å². The van der Waals surface area contributed by atoms with Gasteiger partial charge in [-0.05, 0) is 37.1 Å². The van der Waals surface area contributed by atoms with Crippen molar-refractivity contribution >= 4 is 41.3 Å². The summed E-state index contributed by atoms with van der Waals surface area (Å²) in [6.07, 6.45) is 1.01. The van der Waals surface area contributed by atoms with E-state index in [1.54, 1.807) is 0 Å². The lowest BCUT2D eigenvalue weighted by atomic mass is 10.1. The van der Waals surface area contributed by atoms with Crippen molar-refractivity contribution < 1.29 is 4.74 Å². The number of rotatable bonds is 7. The Labute approximate surface area is 196 Å². The van der Waals surface area contributed by atoms with Crippen molar-refractivity contribution in [2.24, 2.45) is 4.99 Å². The summed E-state index contributed by atoms with van der Waals surface area (Å²) >= 11 is 1.86. The van der Waals surface area contributed by atoms with Crippen LogP contribution in [0.3, 0.4) is 0 Å². The minimum atomic E-state index is 0. The van der Waals surface area contributed by atoms with Gasteiger partial charge in [-0.25, -0.2) is 0 Å². The maximum absolute atomic E-state index is 5.44. The Kier molecular flexibility index (Phi) is 10.4. The van der Waals surface area contributed by atoms with Crippen LogP contribution in [0.5, 0.6) is 0 Å². The van der Waals surface area contributed by atoms with Gasteiger partial charge in [0.25, 0.3) is 0 Å². The van der Waals surface area contributed by atoms with E-state index in [9.17, 15) is 0 Å². The van der Waals surface area contributed by atoms with E-state index in [4.69, 9.17) is 4.74 Å². The van der Waals surface area contributed by atoms with Gasteiger partial charge in [0.2, 0.25) is 0 Å². The Morgan fingerprint density at radius 3 is 2.66 bits per heavy atom. The van der Waals surface area contributed by atoms with Crippen molar-refractivity contribution in [1.82, 2.24) is 15.5 Å². The zero-order chi connectivity index (χ0) is 19.8. The highest BCUT2D eigenvalue weighted by atomic mass is 127. The van der Waals surface area contributed by atoms with E-state index < -0.39 is 0 Å². The molecule has 0 aliphatic carbocycles. The van der Waals surface area contributed by atoms with Crippen LogP contribution < -0.4 is 10.6 Å². The van der Waals surface area contributed by atoms with Gasteiger partial charge in [-0.1, -0.05) is 24.3 Å². The number of nitrogens with one attached hydrogen (secondary N) is 2. The lowest BCUT2D eigenvalue weighted by molar-refractivity contribution is 0.0342. The van der Waals surface area contributed by atoms with Crippen LogP contribution in [0.2, 0.25) is 0 Å². The molecule has 1 aromatic carbocycles. The molecule has 0 bridgehead atoms. The predicted octanol–water partition coefficient (Wildman–Crippen LogP) is 3.80. The van der Waals surface area contributed by atoms with Gasteiger partial charge >= 0.3 is 0 Å². The third-order valence-electron chi connectivity index (χ3n) is 4.87. The third kappa shape index (κ3) is 8.24. The van der Waals surface area contributed by atoms with Gasteiger partial charge in [0.1, 0.15) is 0 Å². The van der Waals surface area contributed by atoms with Gasteiger partial charge < -0.3 is 15.4 Å². The van der Waals surface area contributed by atoms with Crippen LogP contribution in [0.25, 0.3) is 0 Å². The summed E-state index contributed by atoms with van der Waals surface area (Å²) < 4.78 is 5.44. The molecule has 29 heavy (non-hydrogen) atoms. The highest BCUT2D eigenvalue weighted by Gasteiger charge is 2.11. The average molecular weight is 529 g/mol. The molecule has 2 N–H and O–H groups in total. The molecule has 0 amide bonds. The van der Waals surface area contributed by atoms with Crippen LogP contribution in [0, 0.1) is 6.92 Å². The maximum Gasteiger partial charge on any atom is 0.191 e. The maximum atomic E-state index is 5.44. The van der Waals surface area contributed by atoms with Gasteiger partial charge in [-0.15, -0.1) is 35.3 Å². The number of aryl methyl sites for hydroxylation is 1. The number of hydrogen-bond acceptors (Lipinski definition) is 4. The largest absolute Gasteiger partial charge is 0.379 e. The van der Waals surface area contributed by atoms with E-state index in [0.29, 0.717) is 6.04 Å². The van der Waals surface area contributed by atoms with Gasteiger partial charge in [0.05, 0.1) is 13.2 Å². The first kappa shape index (κ1) is 24.1. The van der Waals surface area contributed by atoms with E-state index >= 15 is 0 Å². The lowest BCUT2D eigenvalue weighted by Gasteiger charge is -2.26. The van der Waals surface area contributed by atoms with E-state index in [2.05, 4.69) is 70.8 Å². The fourth-order valence-electron chi connectivity index (χ4n) is 3.42. The highest BCUT2D eigenvalue weighted by molar-refractivity contribution is 14.0. The molecule has 1 aliphatic rings. The SMILES string of the molecule is CN=C(NCc1cccc(CN2CCOCC2)c1)NC(C)Cc1ccc(C)s1.I. The first-order chi connectivity index (χ1) is 13.6. The Bertz CT molecular complexity index is 774. The second-order valence-electron chi connectivity index (χ2n) is 7.40. The molecule has 1 saturated heterocycles. The molecule has 1 aliphatic heterocycles. The Hall–Kier alpha value is -1.16. The summed E-state index contributed by atoms with van der Waals surface area (Å²) in [6.45, 7) is 9.81. The van der Waals surface area contributed by atoms with Gasteiger partial charge in [-0.3, -0.25) is 9.89 Å². The van der Waals surface area contributed by atoms with E-state index in [1.807, 2.05) is 18.4 Å². The summed E-state index contributed by atoms with van der Waals surface area (Å²) in [5.41, 5.74) is 2.63. The number of halogens is 1. The predicted molar refractivity (Wildman–Crippen MR) is 134 cm³/mol. The van der Waals surface area contributed by atoms with Crippen LogP contribution in [-0.2, 0) is 24.2 Å². The Balaban J connectivity index is 0.00000300. The number of ether oxygens (including phenoxy) is 1. The number of thiophene rings is 1. The summed E-state index contributed by atoms with van der Waals surface area (Å²) in [7, 11) is 1.83. The number of aliphatic imine (C=N–C) groups is 1. The molecule has 1 fully saturated rings. The molecule has 3 rings (SSSR count). The molecule has 1 unspecified atom stereocenters. The topological polar surface area (TPSA) is 48.9 Å². The van der Waals surface area contributed by atoms with E-state index in [-0.39, 0.29) is 24.0 Å². The molecule has 2 heterocycles. The average Bonchev–Trinajstić information content (AvgIpc) is 3.10. The Morgan fingerprint density at radius 1 is 1.21 bits per heavy atom. The first-order valence-electron chi connectivity index (χ1n) is 10.0. The van der Waals surface area contributed by atoms with Gasteiger partial charge in [0, 0.05) is 55.4 Å². The van der Waals surface area contributed by atoms with Crippen molar-refractivity contribution in [2.45, 2.75) is 39.4 Å². The Morgan fingerprint density at radius 2 is 1.97 bits per heavy atom. The zero-order valence-corrected chi connectivity index (χ0v) is 20.8. The molecular weight excluding hydrogens is 495 g/mol.